The van der Waals surface area contributed by atoms with Gasteiger partial charge in [0.05, 0.1) is 0 Å². The van der Waals surface area contributed by atoms with Gasteiger partial charge in [-0.2, -0.15) is 0 Å². The van der Waals surface area contributed by atoms with Gasteiger partial charge in [0, 0.05) is 11.8 Å². The number of nitrogens with two attached hydrogens (primary N) is 1. The molecule has 12 heavy (non-hydrogen) atoms. The maximum Gasteiger partial charge on any atom is 0.299 e. The van der Waals surface area contributed by atoms with Crippen LogP contribution >= 0.6 is 11.8 Å². The molecule has 0 fully saturated rings. The van der Waals surface area contributed by atoms with Gasteiger partial charge in [0.1, 0.15) is 6.61 Å². The summed E-state index contributed by atoms with van der Waals surface area (Å²) in [7, 11) is 0. The van der Waals surface area contributed by atoms with E-state index in [0.717, 1.165) is 5.56 Å². The van der Waals surface area contributed by atoms with Gasteiger partial charge in [-0.25, -0.2) is 0 Å². The Kier molecular flexibility index (Phi) is 3.41. The van der Waals surface area contributed by atoms with Gasteiger partial charge in [-0.1, -0.05) is 30.3 Å². The third-order valence-corrected chi connectivity index (χ3v) is 1.48. The molecule has 0 aliphatic carbocycles. The Balaban J connectivity index is 2.44. The minimum absolute atomic E-state index is 0.0134. The predicted octanol–water partition coefficient (Wildman–Crippen LogP) is 1.67. The topological polar surface area (TPSA) is 47.6 Å². The number of hydrogen-bond donors (Lipinski definition) is 1. The zero-order valence-corrected chi connectivity index (χ0v) is 7.16. The van der Waals surface area contributed by atoms with Crippen LogP contribution in [0.25, 0.3) is 0 Å². The number of ether oxygens (including phenoxy) is 1. The van der Waals surface area contributed by atoms with Crippen molar-refractivity contribution in [2.24, 2.45) is 10.2 Å². The van der Waals surface area contributed by atoms with E-state index in [1.54, 1.807) is 0 Å². The number of benzene rings is 1. The van der Waals surface area contributed by atoms with Gasteiger partial charge in [0.25, 0.3) is 6.02 Å². The molecule has 0 aromatic heterocycles. The van der Waals surface area contributed by atoms with Crippen LogP contribution in [0.1, 0.15) is 5.56 Å². The first-order valence-corrected chi connectivity index (χ1v) is 3.78. The molecule has 1 rings (SSSR count). The molecule has 0 aliphatic heterocycles. The van der Waals surface area contributed by atoms with Gasteiger partial charge in [0.15, 0.2) is 0 Å². The van der Waals surface area contributed by atoms with Crippen LogP contribution in [0.15, 0.2) is 34.8 Å². The van der Waals surface area contributed by atoms with Crippen LogP contribution in [0.2, 0.25) is 0 Å². The highest BCUT2D eigenvalue weighted by atomic mass is 35.5. The fourth-order valence-corrected chi connectivity index (χ4v) is 0.805. The molecular weight excluding hydrogens is 176 g/mol. The molecule has 4 heteroatoms. The van der Waals surface area contributed by atoms with Crippen LogP contribution in [0, 0.1) is 0 Å². The summed E-state index contributed by atoms with van der Waals surface area (Å²) < 4.78 is 8.12. The molecule has 1 aromatic rings. The maximum atomic E-state index is 5.22. The lowest BCUT2D eigenvalue weighted by Gasteiger charge is -2.02. The fraction of sp³-hybridized carbons (Fsp3) is 0.125. The second-order valence-electron chi connectivity index (χ2n) is 2.20. The van der Waals surface area contributed by atoms with E-state index in [1.165, 1.54) is 0 Å². The minimum Gasteiger partial charge on any atom is -0.460 e. The molecule has 0 bridgehead atoms. The zero-order valence-electron chi connectivity index (χ0n) is 6.40. The Bertz CT molecular complexity index is 261. The van der Waals surface area contributed by atoms with Crippen LogP contribution in [-0.4, -0.2) is 6.02 Å². The average molecular weight is 185 g/mol. The van der Waals surface area contributed by atoms with Gasteiger partial charge in [0.2, 0.25) is 0 Å². The van der Waals surface area contributed by atoms with Crippen LogP contribution < -0.4 is 5.73 Å². The Labute approximate surface area is 75.9 Å². The van der Waals surface area contributed by atoms with Crippen LogP contribution in [0.3, 0.4) is 0 Å². The summed E-state index contributed by atoms with van der Waals surface area (Å²) in [6, 6.07) is 9.63. The van der Waals surface area contributed by atoms with Crippen molar-refractivity contribution in [3.63, 3.8) is 0 Å². The normalized spacial score (nSPS) is 11.2. The maximum absolute atomic E-state index is 5.22. The van der Waals surface area contributed by atoms with Crippen molar-refractivity contribution in [1.29, 1.82) is 0 Å². The van der Waals surface area contributed by atoms with Crippen LogP contribution in [0.4, 0.5) is 0 Å². The van der Waals surface area contributed by atoms with E-state index in [2.05, 4.69) is 4.51 Å². The lowest BCUT2D eigenvalue weighted by atomic mass is 10.2. The summed E-state index contributed by atoms with van der Waals surface area (Å²) in [5, 5.41) is 0. The third-order valence-electron chi connectivity index (χ3n) is 1.31. The Morgan fingerprint density at radius 1 is 1.42 bits per heavy atom. The molecule has 3 nitrogen and oxygen atoms in total. The van der Waals surface area contributed by atoms with Crippen LogP contribution in [0.5, 0.6) is 0 Å². The summed E-state index contributed by atoms with van der Waals surface area (Å²) in [5.74, 6) is 0. The zero-order chi connectivity index (χ0) is 8.81. The van der Waals surface area contributed by atoms with E-state index < -0.39 is 0 Å². The van der Waals surface area contributed by atoms with Gasteiger partial charge in [-0.05, 0) is 5.56 Å². The molecule has 0 saturated heterocycles. The molecule has 0 unspecified atom stereocenters. The van der Waals surface area contributed by atoms with E-state index in [0.29, 0.717) is 6.61 Å². The molecule has 0 heterocycles. The van der Waals surface area contributed by atoms with Gasteiger partial charge < -0.3 is 10.5 Å². The third kappa shape index (κ3) is 2.80. The molecule has 0 atom stereocenters. The Hall–Kier alpha value is -1.22. The van der Waals surface area contributed by atoms with E-state index in [9.17, 15) is 0 Å². The first kappa shape index (κ1) is 8.87. The summed E-state index contributed by atoms with van der Waals surface area (Å²) in [6.07, 6.45) is 0. The Morgan fingerprint density at radius 3 is 2.67 bits per heavy atom. The quantitative estimate of drug-likeness (QED) is 0.562. The summed E-state index contributed by atoms with van der Waals surface area (Å²) in [4.78, 5) is 0. The molecule has 0 saturated carbocycles. The van der Waals surface area contributed by atoms with Crippen molar-refractivity contribution in [1.82, 2.24) is 0 Å². The molecule has 0 amide bonds. The smallest absolute Gasteiger partial charge is 0.299 e. The summed E-state index contributed by atoms with van der Waals surface area (Å²) in [5.41, 5.74) is 6.25. The number of hydrogen-bond acceptors (Lipinski definition) is 2. The number of halogens is 1. The van der Waals surface area contributed by atoms with Crippen molar-refractivity contribution in [3.05, 3.63) is 35.9 Å². The van der Waals surface area contributed by atoms with Gasteiger partial charge >= 0.3 is 0 Å². The molecule has 0 radical (unpaired) electrons. The molecule has 0 aliphatic rings. The SMILES string of the molecule is NC(=NCl)OCc1ccccc1. The highest BCUT2D eigenvalue weighted by Gasteiger charge is 1.93. The fourth-order valence-electron chi connectivity index (χ4n) is 0.756. The Morgan fingerprint density at radius 2 is 2.08 bits per heavy atom. The number of amidine groups is 1. The standard InChI is InChI=1S/C8H9ClN2O/c9-11-8(10)12-6-7-4-2-1-3-5-7/h1-5H,6H2,(H2,10,11). The van der Waals surface area contributed by atoms with Gasteiger partial charge in [-0.15, -0.1) is 4.51 Å². The average Bonchev–Trinajstić information content (AvgIpc) is 2.16. The van der Waals surface area contributed by atoms with Crippen molar-refractivity contribution >= 4 is 17.8 Å². The van der Waals surface area contributed by atoms with Crippen molar-refractivity contribution < 1.29 is 4.74 Å². The first-order valence-electron chi connectivity index (χ1n) is 3.44. The molecule has 64 valence electrons. The minimum atomic E-state index is -0.0134. The lowest BCUT2D eigenvalue weighted by molar-refractivity contribution is 0.288. The first-order chi connectivity index (χ1) is 5.83. The van der Waals surface area contributed by atoms with E-state index in [-0.39, 0.29) is 6.02 Å². The lowest BCUT2D eigenvalue weighted by Crippen LogP contribution is -2.14. The van der Waals surface area contributed by atoms with E-state index in [1.807, 2.05) is 30.3 Å². The molecule has 1 aromatic carbocycles. The highest BCUT2D eigenvalue weighted by Crippen LogP contribution is 2.00. The summed E-state index contributed by atoms with van der Waals surface area (Å²) >= 11 is 5.06. The van der Waals surface area contributed by atoms with E-state index >= 15 is 0 Å². The van der Waals surface area contributed by atoms with Gasteiger partial charge in [-0.3, -0.25) is 0 Å². The predicted molar refractivity (Wildman–Crippen MR) is 48.7 cm³/mol. The molecular formula is C8H9ClN2O. The summed E-state index contributed by atoms with van der Waals surface area (Å²) in [6.45, 7) is 0.392. The van der Waals surface area contributed by atoms with Crippen molar-refractivity contribution in [3.8, 4) is 0 Å². The van der Waals surface area contributed by atoms with E-state index in [4.69, 9.17) is 22.2 Å². The highest BCUT2D eigenvalue weighted by molar-refractivity contribution is 6.18. The molecule has 2 N–H and O–H groups in total. The number of nitrogens with zero attached hydrogens (tertiary/aromatic N) is 1. The second kappa shape index (κ2) is 4.62. The monoisotopic (exact) mass is 184 g/mol. The largest absolute Gasteiger partial charge is 0.460 e. The van der Waals surface area contributed by atoms with Crippen molar-refractivity contribution in [2.75, 3.05) is 0 Å². The van der Waals surface area contributed by atoms with Crippen LogP contribution in [-0.2, 0) is 11.3 Å². The van der Waals surface area contributed by atoms with Crippen molar-refractivity contribution in [2.45, 2.75) is 6.61 Å². The molecule has 0 spiro atoms. The number of rotatable bonds is 2. The second-order valence-corrected chi connectivity index (χ2v) is 2.37.